The Kier molecular flexibility index (Phi) is 3.81. The molecule has 3 atom stereocenters. The Hall–Kier alpha value is -2.27. The first-order valence-electron chi connectivity index (χ1n) is 8.35. The van der Waals surface area contributed by atoms with Gasteiger partial charge in [0.15, 0.2) is 5.76 Å². The Balaban J connectivity index is 1.47. The Labute approximate surface area is 140 Å². The lowest BCUT2D eigenvalue weighted by Crippen LogP contribution is -2.29. The molecule has 0 radical (unpaired) electrons. The number of ether oxygens (including phenoxy) is 1. The molecule has 2 fully saturated rings. The number of aliphatic hydroxyl groups excluding tert-OH is 1. The number of fused-ring (bicyclic) bond motifs is 1. The molecular weight excluding hydrogens is 306 g/mol. The van der Waals surface area contributed by atoms with Crippen LogP contribution < -0.4 is 4.74 Å². The molecule has 1 aromatic heterocycles. The lowest BCUT2D eigenvalue weighted by atomic mass is 10.0. The van der Waals surface area contributed by atoms with Gasteiger partial charge in [-0.05, 0) is 61.1 Å². The molecular formula is C19H21NO4. The molecule has 1 saturated carbocycles. The monoisotopic (exact) mass is 327 g/mol. The molecule has 0 spiro atoms. The van der Waals surface area contributed by atoms with Gasteiger partial charge in [-0.25, -0.2) is 0 Å². The molecule has 4 rings (SSSR count). The smallest absolute Gasteiger partial charge is 0.289 e. The molecule has 126 valence electrons. The van der Waals surface area contributed by atoms with Crippen LogP contribution in [0.2, 0.25) is 0 Å². The van der Waals surface area contributed by atoms with Gasteiger partial charge in [-0.1, -0.05) is 0 Å². The van der Waals surface area contributed by atoms with Crippen LogP contribution in [0.5, 0.6) is 5.75 Å². The molecule has 5 nitrogen and oxygen atoms in total. The van der Waals surface area contributed by atoms with Crippen LogP contribution in [-0.2, 0) is 0 Å². The zero-order valence-electron chi connectivity index (χ0n) is 13.6. The first-order chi connectivity index (χ1) is 11.6. The van der Waals surface area contributed by atoms with Crippen molar-refractivity contribution in [2.45, 2.75) is 18.9 Å². The van der Waals surface area contributed by atoms with Gasteiger partial charge in [0.05, 0.1) is 13.2 Å². The van der Waals surface area contributed by atoms with Gasteiger partial charge in [0.25, 0.3) is 5.91 Å². The second-order valence-corrected chi connectivity index (χ2v) is 6.75. The Morgan fingerprint density at radius 1 is 1.12 bits per heavy atom. The molecule has 1 N–H and O–H groups in total. The average Bonchev–Trinajstić information content (AvgIpc) is 3.28. The summed E-state index contributed by atoms with van der Waals surface area (Å²) in [5.41, 5.74) is 0.913. The molecule has 2 aromatic rings. The molecule has 1 aliphatic carbocycles. The topological polar surface area (TPSA) is 62.9 Å². The largest absolute Gasteiger partial charge is 0.497 e. The van der Waals surface area contributed by atoms with Gasteiger partial charge in [-0.15, -0.1) is 0 Å². The normalized spacial score (nSPS) is 25.8. The van der Waals surface area contributed by atoms with E-state index in [9.17, 15) is 9.90 Å². The third-order valence-corrected chi connectivity index (χ3v) is 5.20. The number of likely N-dealkylation sites (tertiary alicyclic amines) is 1. The van der Waals surface area contributed by atoms with Crippen molar-refractivity contribution < 1.29 is 19.1 Å². The zero-order valence-corrected chi connectivity index (χ0v) is 13.6. The lowest BCUT2D eigenvalue weighted by molar-refractivity contribution is 0.0735. The molecule has 1 unspecified atom stereocenters. The molecule has 24 heavy (non-hydrogen) atoms. The standard InChI is InChI=1S/C19H21NO4/c1-23-16-4-2-12(3-5-16)17-6-7-18(24-17)19(22)20-10-13-8-15(21)9-14(13)11-20/h2-7,13-15,21H,8-11H2,1H3/t13-,14+,15?. The first kappa shape index (κ1) is 15.3. The predicted molar refractivity (Wildman–Crippen MR) is 88.8 cm³/mol. The molecule has 2 aliphatic rings. The summed E-state index contributed by atoms with van der Waals surface area (Å²) < 4.78 is 10.9. The van der Waals surface area contributed by atoms with Crippen LogP contribution in [0, 0.1) is 11.8 Å². The maximum Gasteiger partial charge on any atom is 0.289 e. The molecule has 2 heterocycles. The van der Waals surface area contributed by atoms with Crippen molar-refractivity contribution in [3.05, 3.63) is 42.2 Å². The number of amides is 1. The SMILES string of the molecule is COc1ccc(-c2ccc(C(=O)N3C[C@H]4CC(O)C[C@H]4C3)o2)cc1. The van der Waals surface area contributed by atoms with Gasteiger partial charge in [0, 0.05) is 18.7 Å². The van der Waals surface area contributed by atoms with E-state index in [0.717, 1.165) is 37.2 Å². The van der Waals surface area contributed by atoms with Crippen LogP contribution >= 0.6 is 0 Å². The molecule has 1 aromatic carbocycles. The summed E-state index contributed by atoms with van der Waals surface area (Å²) in [4.78, 5) is 14.5. The van der Waals surface area contributed by atoms with Gasteiger partial charge < -0.3 is 19.2 Å². The lowest BCUT2D eigenvalue weighted by Gasteiger charge is -2.16. The van der Waals surface area contributed by atoms with Crippen molar-refractivity contribution in [1.82, 2.24) is 4.90 Å². The fraction of sp³-hybridized carbons (Fsp3) is 0.421. The summed E-state index contributed by atoms with van der Waals surface area (Å²) in [5.74, 6) is 2.64. The molecule has 1 aliphatic heterocycles. The highest BCUT2D eigenvalue weighted by molar-refractivity contribution is 5.92. The molecule has 1 amide bonds. The Morgan fingerprint density at radius 2 is 1.79 bits per heavy atom. The van der Waals surface area contributed by atoms with E-state index >= 15 is 0 Å². The van der Waals surface area contributed by atoms with Crippen molar-refractivity contribution in [3.8, 4) is 17.1 Å². The zero-order chi connectivity index (χ0) is 16.7. The third kappa shape index (κ3) is 2.69. The summed E-state index contributed by atoms with van der Waals surface area (Å²) in [6, 6.07) is 11.1. The van der Waals surface area contributed by atoms with Crippen molar-refractivity contribution in [3.63, 3.8) is 0 Å². The summed E-state index contributed by atoms with van der Waals surface area (Å²) in [6.07, 6.45) is 1.43. The highest BCUT2D eigenvalue weighted by atomic mass is 16.5. The predicted octanol–water partition coefficient (Wildman–Crippen LogP) is 2.80. The van der Waals surface area contributed by atoms with E-state index in [1.54, 1.807) is 13.2 Å². The van der Waals surface area contributed by atoms with E-state index < -0.39 is 0 Å². The Morgan fingerprint density at radius 3 is 2.42 bits per heavy atom. The number of rotatable bonds is 3. The minimum absolute atomic E-state index is 0.0568. The minimum atomic E-state index is -0.192. The third-order valence-electron chi connectivity index (χ3n) is 5.20. The molecule has 0 bridgehead atoms. The van der Waals surface area contributed by atoms with Crippen LogP contribution in [0.3, 0.4) is 0 Å². The van der Waals surface area contributed by atoms with Crippen molar-refractivity contribution in [2.24, 2.45) is 11.8 Å². The maximum absolute atomic E-state index is 12.7. The van der Waals surface area contributed by atoms with Gasteiger partial charge in [0.2, 0.25) is 0 Å². The van der Waals surface area contributed by atoms with Gasteiger partial charge in [0.1, 0.15) is 11.5 Å². The van der Waals surface area contributed by atoms with Crippen LogP contribution in [0.1, 0.15) is 23.4 Å². The number of benzene rings is 1. The molecule has 5 heteroatoms. The number of furan rings is 1. The van der Waals surface area contributed by atoms with E-state index in [0.29, 0.717) is 23.4 Å². The fourth-order valence-electron chi connectivity index (χ4n) is 3.95. The van der Waals surface area contributed by atoms with Gasteiger partial charge >= 0.3 is 0 Å². The van der Waals surface area contributed by atoms with E-state index in [1.165, 1.54) is 0 Å². The van der Waals surface area contributed by atoms with E-state index in [4.69, 9.17) is 9.15 Å². The van der Waals surface area contributed by atoms with Crippen molar-refractivity contribution in [1.29, 1.82) is 0 Å². The van der Waals surface area contributed by atoms with Crippen molar-refractivity contribution in [2.75, 3.05) is 20.2 Å². The van der Waals surface area contributed by atoms with Crippen LogP contribution in [-0.4, -0.2) is 42.2 Å². The van der Waals surface area contributed by atoms with Crippen molar-refractivity contribution >= 4 is 5.91 Å². The van der Waals surface area contributed by atoms with Crippen LogP contribution in [0.15, 0.2) is 40.8 Å². The number of hydrogen-bond acceptors (Lipinski definition) is 4. The number of carbonyl (C=O) groups is 1. The summed E-state index contributed by atoms with van der Waals surface area (Å²) in [6.45, 7) is 1.44. The Bertz CT molecular complexity index is 722. The van der Waals surface area contributed by atoms with E-state index in [-0.39, 0.29) is 12.0 Å². The second-order valence-electron chi connectivity index (χ2n) is 6.75. The number of hydrogen-bond donors (Lipinski definition) is 1. The van der Waals surface area contributed by atoms with Crippen LogP contribution in [0.4, 0.5) is 0 Å². The number of methoxy groups -OCH3 is 1. The van der Waals surface area contributed by atoms with E-state index in [2.05, 4.69) is 0 Å². The number of aliphatic hydroxyl groups is 1. The van der Waals surface area contributed by atoms with Crippen LogP contribution in [0.25, 0.3) is 11.3 Å². The maximum atomic E-state index is 12.7. The second kappa shape index (κ2) is 5.98. The minimum Gasteiger partial charge on any atom is -0.497 e. The summed E-state index contributed by atoms with van der Waals surface area (Å²) >= 11 is 0. The highest BCUT2D eigenvalue weighted by Crippen LogP contribution is 2.38. The number of carbonyl (C=O) groups excluding carboxylic acids is 1. The highest BCUT2D eigenvalue weighted by Gasteiger charge is 2.42. The fourth-order valence-corrected chi connectivity index (χ4v) is 3.95. The van der Waals surface area contributed by atoms with Gasteiger partial charge in [-0.3, -0.25) is 4.79 Å². The van der Waals surface area contributed by atoms with E-state index in [1.807, 2.05) is 35.2 Å². The summed E-state index contributed by atoms with van der Waals surface area (Å²) in [5, 5.41) is 9.71. The van der Waals surface area contributed by atoms with Gasteiger partial charge in [-0.2, -0.15) is 0 Å². The summed E-state index contributed by atoms with van der Waals surface area (Å²) in [7, 11) is 1.63. The quantitative estimate of drug-likeness (QED) is 0.941. The average molecular weight is 327 g/mol. The molecule has 1 saturated heterocycles. The first-order valence-corrected chi connectivity index (χ1v) is 8.35. The number of nitrogens with zero attached hydrogens (tertiary/aromatic N) is 1.